The first-order valence-electron chi connectivity index (χ1n) is 14.7. The average molecular weight is 670 g/mol. The average Bonchev–Trinajstić information content (AvgIpc) is 3.40. The Kier molecular flexibility index (Phi) is 12.2. The van der Waals surface area contributed by atoms with Crippen molar-refractivity contribution < 1.29 is 32.5 Å². The lowest BCUT2D eigenvalue weighted by atomic mass is 9.87. The number of hydrogen-bond acceptors (Lipinski definition) is 5. The SMILES string of the molecule is CC(C)(C)c1ccc(O[C@@H](Cc2ccc(OCCNC3C4CN(Cc5cccc(C(F)(F)F)c5)C[C@@H]43)cc2)C(=O)O)cc1.Cl.Cl. The molecule has 2 unspecified atom stereocenters. The summed E-state index contributed by atoms with van der Waals surface area (Å²) in [6, 6.07) is 20.9. The Balaban J connectivity index is 0.00000276. The number of ether oxygens (including phenoxy) is 2. The highest BCUT2D eigenvalue weighted by atomic mass is 35.5. The lowest BCUT2D eigenvalue weighted by Gasteiger charge is -2.20. The third-order valence-corrected chi connectivity index (χ3v) is 8.30. The van der Waals surface area contributed by atoms with E-state index in [0.29, 0.717) is 54.6 Å². The van der Waals surface area contributed by atoms with E-state index in [-0.39, 0.29) is 36.6 Å². The molecule has 5 rings (SSSR count). The molecule has 2 aliphatic rings. The molecule has 0 bridgehead atoms. The third-order valence-electron chi connectivity index (χ3n) is 8.30. The van der Waals surface area contributed by atoms with Gasteiger partial charge in [0.15, 0.2) is 6.10 Å². The first kappa shape index (κ1) is 36.5. The summed E-state index contributed by atoms with van der Waals surface area (Å²) in [7, 11) is 0. The molecule has 0 spiro atoms. The predicted molar refractivity (Wildman–Crippen MR) is 173 cm³/mol. The molecule has 1 heterocycles. The monoisotopic (exact) mass is 668 g/mol. The molecule has 0 amide bonds. The van der Waals surface area contributed by atoms with Gasteiger partial charge in [-0.05, 0) is 64.3 Å². The molecular weight excluding hydrogens is 628 g/mol. The molecule has 3 aromatic carbocycles. The van der Waals surface area contributed by atoms with Crippen LogP contribution in [0.5, 0.6) is 11.5 Å². The second-order valence-electron chi connectivity index (χ2n) is 12.6. The Bertz CT molecular complexity index is 1390. The molecule has 1 saturated heterocycles. The summed E-state index contributed by atoms with van der Waals surface area (Å²) in [5, 5.41) is 13.3. The zero-order valence-corrected chi connectivity index (χ0v) is 27.2. The molecule has 45 heavy (non-hydrogen) atoms. The van der Waals surface area contributed by atoms with Gasteiger partial charge in [-0.15, -0.1) is 24.8 Å². The second kappa shape index (κ2) is 15.1. The van der Waals surface area contributed by atoms with Gasteiger partial charge in [-0.3, -0.25) is 4.90 Å². The Morgan fingerprint density at radius 2 is 1.53 bits per heavy atom. The van der Waals surface area contributed by atoms with E-state index in [1.807, 2.05) is 48.5 Å². The van der Waals surface area contributed by atoms with E-state index in [1.54, 1.807) is 6.07 Å². The number of benzene rings is 3. The van der Waals surface area contributed by atoms with E-state index in [4.69, 9.17) is 9.47 Å². The highest BCUT2D eigenvalue weighted by molar-refractivity contribution is 5.85. The van der Waals surface area contributed by atoms with Gasteiger partial charge in [0.05, 0.1) is 5.56 Å². The highest BCUT2D eigenvalue weighted by Gasteiger charge is 2.55. The lowest BCUT2D eigenvalue weighted by Crippen LogP contribution is -2.33. The number of halogens is 5. The number of hydrogen-bond donors (Lipinski definition) is 2. The van der Waals surface area contributed by atoms with Crippen LogP contribution in [-0.2, 0) is 29.4 Å². The molecule has 6 nitrogen and oxygen atoms in total. The molecule has 0 aromatic heterocycles. The maximum Gasteiger partial charge on any atom is 0.416 e. The van der Waals surface area contributed by atoms with Crippen molar-refractivity contribution >= 4 is 30.8 Å². The molecule has 246 valence electrons. The summed E-state index contributed by atoms with van der Waals surface area (Å²) in [6.07, 6.45) is -5.09. The second-order valence-corrected chi connectivity index (χ2v) is 12.6. The standard InChI is InChI=1S/C34H39F3N2O4.2ClH/c1-33(2,3)24-9-13-27(14-10-24)43-30(32(40)41)18-22-7-11-26(12-8-22)42-16-15-38-31-28-20-39(21-29(28)31)19-23-5-4-6-25(17-23)34(35,36)37;;/h4-14,17,28-31,38H,15-16,18-21H2,1-3H3,(H,40,41);2*1H/t28-,29?,30-,31?;;/m0../s1. The van der Waals surface area contributed by atoms with Gasteiger partial charge in [0.1, 0.15) is 18.1 Å². The zero-order valence-electron chi connectivity index (χ0n) is 25.5. The van der Waals surface area contributed by atoms with Gasteiger partial charge in [0.2, 0.25) is 0 Å². The molecule has 4 atom stereocenters. The fourth-order valence-electron chi connectivity index (χ4n) is 5.86. The molecular formula is C34H41Cl2F3N2O4. The van der Waals surface area contributed by atoms with Gasteiger partial charge in [0.25, 0.3) is 0 Å². The van der Waals surface area contributed by atoms with E-state index < -0.39 is 23.8 Å². The maximum atomic E-state index is 13.0. The number of rotatable bonds is 12. The third kappa shape index (κ3) is 9.75. The number of carbonyl (C=O) groups is 1. The van der Waals surface area contributed by atoms with Crippen LogP contribution in [0.4, 0.5) is 13.2 Å². The Hall–Kier alpha value is -2.98. The minimum Gasteiger partial charge on any atom is -0.492 e. The largest absolute Gasteiger partial charge is 0.492 e. The van der Waals surface area contributed by atoms with E-state index in [0.717, 1.165) is 30.3 Å². The fourth-order valence-corrected chi connectivity index (χ4v) is 5.86. The summed E-state index contributed by atoms with van der Waals surface area (Å²) < 4.78 is 50.6. The van der Waals surface area contributed by atoms with E-state index in [2.05, 4.69) is 31.0 Å². The molecule has 1 aliphatic carbocycles. The van der Waals surface area contributed by atoms with Crippen molar-refractivity contribution in [3.05, 3.63) is 95.1 Å². The summed E-state index contributed by atoms with van der Waals surface area (Å²) in [5.41, 5.74) is 2.09. The highest BCUT2D eigenvalue weighted by Crippen LogP contribution is 2.45. The van der Waals surface area contributed by atoms with Gasteiger partial charge >= 0.3 is 12.1 Å². The van der Waals surface area contributed by atoms with Crippen molar-refractivity contribution in [1.29, 1.82) is 0 Å². The smallest absolute Gasteiger partial charge is 0.416 e. The predicted octanol–water partition coefficient (Wildman–Crippen LogP) is 7.02. The number of likely N-dealkylation sites (tertiary alicyclic amines) is 1. The van der Waals surface area contributed by atoms with E-state index in [1.165, 1.54) is 12.1 Å². The summed E-state index contributed by atoms with van der Waals surface area (Å²) in [6.45, 7) is 9.84. The minimum absolute atomic E-state index is 0. The molecule has 3 aromatic rings. The van der Waals surface area contributed by atoms with Crippen LogP contribution in [0.3, 0.4) is 0 Å². The lowest BCUT2D eigenvalue weighted by molar-refractivity contribution is -0.145. The number of fused-ring (bicyclic) bond motifs is 1. The summed E-state index contributed by atoms with van der Waals surface area (Å²) in [4.78, 5) is 14.1. The van der Waals surface area contributed by atoms with Crippen LogP contribution in [-0.4, -0.2) is 54.4 Å². The molecule has 11 heteroatoms. The van der Waals surface area contributed by atoms with Crippen molar-refractivity contribution in [1.82, 2.24) is 10.2 Å². The van der Waals surface area contributed by atoms with Gasteiger partial charge in [-0.25, -0.2) is 4.79 Å². The van der Waals surface area contributed by atoms with Gasteiger partial charge < -0.3 is 19.9 Å². The Labute approximate surface area is 275 Å². The van der Waals surface area contributed by atoms with Gasteiger partial charge in [0, 0.05) is 38.6 Å². The van der Waals surface area contributed by atoms with Crippen LogP contribution in [0, 0.1) is 11.8 Å². The molecule has 2 N–H and O–H groups in total. The maximum absolute atomic E-state index is 13.0. The molecule has 2 fully saturated rings. The van der Waals surface area contributed by atoms with Crippen LogP contribution in [0.2, 0.25) is 0 Å². The number of carboxylic acid groups (broad SMARTS) is 1. The van der Waals surface area contributed by atoms with E-state index in [9.17, 15) is 23.1 Å². The number of nitrogens with one attached hydrogen (secondary N) is 1. The topological polar surface area (TPSA) is 71.0 Å². The van der Waals surface area contributed by atoms with Crippen LogP contribution >= 0.6 is 24.8 Å². The van der Waals surface area contributed by atoms with Gasteiger partial charge in [-0.2, -0.15) is 13.2 Å². The van der Waals surface area contributed by atoms with Crippen LogP contribution in [0.15, 0.2) is 72.8 Å². The minimum atomic E-state index is -4.32. The summed E-state index contributed by atoms with van der Waals surface area (Å²) in [5.74, 6) is 1.25. The molecule has 0 radical (unpaired) electrons. The first-order chi connectivity index (χ1) is 20.4. The first-order valence-corrected chi connectivity index (χ1v) is 14.7. The van der Waals surface area contributed by atoms with Crippen LogP contribution in [0.25, 0.3) is 0 Å². The van der Waals surface area contributed by atoms with Crippen molar-refractivity contribution in [2.45, 2.75) is 57.5 Å². The van der Waals surface area contributed by atoms with Crippen molar-refractivity contribution in [2.24, 2.45) is 11.8 Å². The van der Waals surface area contributed by atoms with Crippen molar-refractivity contribution in [3.63, 3.8) is 0 Å². The molecule has 1 saturated carbocycles. The number of carboxylic acids is 1. The Morgan fingerprint density at radius 3 is 2.11 bits per heavy atom. The van der Waals surface area contributed by atoms with Crippen molar-refractivity contribution in [2.75, 3.05) is 26.2 Å². The number of nitrogens with zero attached hydrogens (tertiary/aromatic N) is 1. The van der Waals surface area contributed by atoms with Crippen LogP contribution < -0.4 is 14.8 Å². The zero-order chi connectivity index (χ0) is 30.8. The van der Waals surface area contributed by atoms with Crippen LogP contribution in [0.1, 0.15) is 43.0 Å². The number of aliphatic carboxylic acids is 1. The number of alkyl halides is 3. The fraction of sp³-hybridized carbons (Fsp3) is 0.441. The number of piperidine rings is 1. The Morgan fingerprint density at radius 1 is 0.911 bits per heavy atom. The normalized spacial score (nSPS) is 19.9. The van der Waals surface area contributed by atoms with Gasteiger partial charge in [-0.1, -0.05) is 63.2 Å². The van der Waals surface area contributed by atoms with Crippen molar-refractivity contribution in [3.8, 4) is 11.5 Å². The quantitative estimate of drug-likeness (QED) is 0.202. The van der Waals surface area contributed by atoms with E-state index >= 15 is 0 Å². The summed E-state index contributed by atoms with van der Waals surface area (Å²) >= 11 is 0. The molecule has 1 aliphatic heterocycles.